The summed E-state index contributed by atoms with van der Waals surface area (Å²) in [5.74, 6) is -0.661. The fourth-order valence-electron chi connectivity index (χ4n) is 3.06. The first-order chi connectivity index (χ1) is 12.8. The van der Waals surface area contributed by atoms with Crippen molar-refractivity contribution in [1.29, 1.82) is 0 Å². The highest BCUT2D eigenvalue weighted by Crippen LogP contribution is 2.21. The Morgan fingerprint density at radius 3 is 2.56 bits per heavy atom. The largest absolute Gasteiger partial charge is 0.337 e. The topological polar surface area (TPSA) is 78.5 Å². The zero-order chi connectivity index (χ0) is 19.6. The number of likely N-dealkylation sites (N-methyl/N-ethyl adjacent to an activating group) is 1. The van der Waals surface area contributed by atoms with Crippen molar-refractivity contribution in [3.63, 3.8) is 0 Å². The molecule has 2 N–H and O–H groups in total. The maximum absolute atomic E-state index is 13.0. The average molecular weight is 391 g/mol. The zero-order valence-electron chi connectivity index (χ0n) is 15.2. The van der Waals surface area contributed by atoms with Crippen LogP contribution in [0.3, 0.4) is 0 Å². The van der Waals surface area contributed by atoms with Gasteiger partial charge in [0.2, 0.25) is 0 Å². The molecule has 1 unspecified atom stereocenters. The van der Waals surface area contributed by atoms with Gasteiger partial charge in [-0.3, -0.25) is 9.52 Å². The summed E-state index contributed by atoms with van der Waals surface area (Å²) in [6, 6.07) is 9.58. The summed E-state index contributed by atoms with van der Waals surface area (Å²) in [7, 11) is -2.17. The van der Waals surface area contributed by atoms with E-state index in [2.05, 4.69) is 10.0 Å². The lowest BCUT2D eigenvalue weighted by atomic mass is 10.1. The molecule has 6 nitrogen and oxygen atoms in total. The van der Waals surface area contributed by atoms with Crippen LogP contribution in [0.4, 0.5) is 10.1 Å². The molecule has 27 heavy (non-hydrogen) atoms. The van der Waals surface area contributed by atoms with E-state index in [0.29, 0.717) is 11.1 Å². The van der Waals surface area contributed by atoms with E-state index >= 15 is 0 Å². The number of anilines is 1. The van der Waals surface area contributed by atoms with Gasteiger partial charge >= 0.3 is 0 Å². The molecular formula is C19H22FN3O3S. The summed E-state index contributed by atoms with van der Waals surface area (Å²) in [4.78, 5) is 14.5. The second-order valence-corrected chi connectivity index (χ2v) is 8.33. The predicted octanol–water partition coefficient (Wildman–Crippen LogP) is 2.37. The van der Waals surface area contributed by atoms with Crippen LogP contribution in [0.5, 0.6) is 0 Å². The Bertz CT molecular complexity index is 939. The molecule has 1 heterocycles. The normalized spacial score (nSPS) is 16.9. The Balaban J connectivity index is 1.87. The Hall–Kier alpha value is -2.45. The van der Waals surface area contributed by atoms with Crippen LogP contribution >= 0.6 is 0 Å². The number of carbonyl (C=O) groups is 1. The van der Waals surface area contributed by atoms with Crippen LogP contribution < -0.4 is 10.0 Å². The van der Waals surface area contributed by atoms with Crippen LogP contribution in [-0.4, -0.2) is 45.4 Å². The lowest BCUT2D eigenvalue weighted by Gasteiger charge is -2.24. The fourth-order valence-corrected chi connectivity index (χ4v) is 4.14. The Kier molecular flexibility index (Phi) is 5.48. The quantitative estimate of drug-likeness (QED) is 0.820. The molecule has 0 aromatic heterocycles. The number of nitrogens with zero attached hydrogens (tertiary/aromatic N) is 1. The minimum atomic E-state index is -3.90. The lowest BCUT2D eigenvalue weighted by molar-refractivity contribution is 0.0743. The smallest absolute Gasteiger partial charge is 0.261 e. The van der Waals surface area contributed by atoms with Gasteiger partial charge in [0.05, 0.1) is 4.90 Å². The molecule has 1 saturated heterocycles. The molecule has 0 saturated carbocycles. The third-order valence-corrected chi connectivity index (χ3v) is 6.13. The minimum absolute atomic E-state index is 0.0151. The van der Waals surface area contributed by atoms with Gasteiger partial charge in [0.1, 0.15) is 5.82 Å². The van der Waals surface area contributed by atoms with E-state index in [0.717, 1.165) is 19.5 Å². The van der Waals surface area contributed by atoms with Crippen molar-refractivity contribution in [2.45, 2.75) is 24.3 Å². The third kappa shape index (κ3) is 4.28. The number of nitrogens with one attached hydrogen (secondary N) is 2. The van der Waals surface area contributed by atoms with E-state index < -0.39 is 15.8 Å². The van der Waals surface area contributed by atoms with Crippen molar-refractivity contribution < 1.29 is 17.6 Å². The molecule has 8 heteroatoms. The molecule has 0 spiro atoms. The summed E-state index contributed by atoms with van der Waals surface area (Å²) in [6.07, 6.45) is 0.866. The Morgan fingerprint density at radius 1 is 1.22 bits per heavy atom. The highest BCUT2D eigenvalue weighted by atomic mass is 32.2. The molecule has 2 aromatic carbocycles. The van der Waals surface area contributed by atoms with Crippen molar-refractivity contribution in [3.05, 3.63) is 59.4 Å². The number of carbonyl (C=O) groups excluding carboxylic acids is 1. The predicted molar refractivity (Wildman–Crippen MR) is 102 cm³/mol. The summed E-state index contributed by atoms with van der Waals surface area (Å²) in [6.45, 7) is 3.36. The van der Waals surface area contributed by atoms with Gasteiger partial charge in [0.15, 0.2) is 0 Å². The van der Waals surface area contributed by atoms with E-state index in [1.165, 1.54) is 36.4 Å². The number of halogens is 1. The first kappa shape index (κ1) is 19.3. The van der Waals surface area contributed by atoms with Crippen molar-refractivity contribution >= 4 is 21.6 Å². The summed E-state index contributed by atoms with van der Waals surface area (Å²) >= 11 is 0. The molecule has 2 aromatic rings. The molecular weight excluding hydrogens is 369 g/mol. The number of benzene rings is 2. The number of hydrogen-bond acceptors (Lipinski definition) is 4. The zero-order valence-corrected chi connectivity index (χ0v) is 16.0. The third-order valence-electron chi connectivity index (χ3n) is 4.75. The SMILES string of the molecule is Cc1ccc(S(=O)(=O)Nc2ccc(F)cc2)cc1C(=O)N(C)C1CCNC1. The van der Waals surface area contributed by atoms with Crippen molar-refractivity contribution in [2.24, 2.45) is 0 Å². The molecule has 0 bridgehead atoms. The second-order valence-electron chi connectivity index (χ2n) is 6.65. The standard InChI is InChI=1S/C19H22FN3O3S/c1-13-3-8-17(27(25,26)22-15-6-4-14(20)5-7-15)11-18(13)19(24)23(2)16-9-10-21-12-16/h3-8,11,16,21-22H,9-10,12H2,1-2H3. The van der Waals surface area contributed by atoms with Crippen molar-refractivity contribution in [2.75, 3.05) is 24.9 Å². The van der Waals surface area contributed by atoms with Gasteiger partial charge in [-0.05, 0) is 61.9 Å². The van der Waals surface area contributed by atoms with Gasteiger partial charge in [-0.25, -0.2) is 12.8 Å². The first-order valence-electron chi connectivity index (χ1n) is 8.65. The summed E-state index contributed by atoms with van der Waals surface area (Å²) in [5.41, 5.74) is 1.31. The highest BCUT2D eigenvalue weighted by Gasteiger charge is 2.26. The van der Waals surface area contributed by atoms with E-state index in [1.54, 1.807) is 24.9 Å². The van der Waals surface area contributed by atoms with Gasteiger partial charge in [-0.2, -0.15) is 0 Å². The fraction of sp³-hybridized carbons (Fsp3) is 0.316. The monoisotopic (exact) mass is 391 g/mol. The van der Waals surface area contributed by atoms with E-state index in [4.69, 9.17) is 0 Å². The molecule has 1 amide bonds. The van der Waals surface area contributed by atoms with Gasteiger partial charge < -0.3 is 10.2 Å². The van der Waals surface area contributed by atoms with Crippen LogP contribution in [0, 0.1) is 12.7 Å². The van der Waals surface area contributed by atoms with Gasteiger partial charge in [-0.1, -0.05) is 6.07 Å². The lowest BCUT2D eigenvalue weighted by Crippen LogP contribution is -2.38. The van der Waals surface area contributed by atoms with Crippen LogP contribution in [0.2, 0.25) is 0 Å². The highest BCUT2D eigenvalue weighted by molar-refractivity contribution is 7.92. The number of amides is 1. The van der Waals surface area contributed by atoms with Crippen molar-refractivity contribution in [1.82, 2.24) is 10.2 Å². The van der Waals surface area contributed by atoms with Crippen molar-refractivity contribution in [3.8, 4) is 0 Å². The van der Waals surface area contributed by atoms with E-state index in [9.17, 15) is 17.6 Å². The van der Waals surface area contributed by atoms with Gasteiger partial charge in [0.25, 0.3) is 15.9 Å². The second kappa shape index (κ2) is 7.66. The molecule has 1 fully saturated rings. The molecule has 0 aliphatic carbocycles. The first-order valence-corrected chi connectivity index (χ1v) is 10.1. The van der Waals surface area contributed by atoms with Gasteiger partial charge in [-0.15, -0.1) is 0 Å². The molecule has 3 rings (SSSR count). The van der Waals surface area contributed by atoms with Crippen LogP contribution in [0.25, 0.3) is 0 Å². The number of sulfonamides is 1. The molecule has 0 radical (unpaired) electrons. The summed E-state index contributed by atoms with van der Waals surface area (Å²) in [5, 5.41) is 3.21. The minimum Gasteiger partial charge on any atom is -0.337 e. The van der Waals surface area contributed by atoms with E-state index in [-0.39, 0.29) is 22.5 Å². The maximum atomic E-state index is 13.0. The molecule has 1 aliphatic rings. The van der Waals surface area contributed by atoms with Crippen LogP contribution in [-0.2, 0) is 10.0 Å². The maximum Gasteiger partial charge on any atom is 0.261 e. The number of rotatable bonds is 5. The van der Waals surface area contributed by atoms with Gasteiger partial charge in [0, 0.05) is 30.9 Å². The molecule has 1 atom stereocenters. The van der Waals surface area contributed by atoms with E-state index in [1.807, 2.05) is 0 Å². The van der Waals surface area contributed by atoms with Crippen LogP contribution in [0.1, 0.15) is 22.3 Å². The number of hydrogen-bond donors (Lipinski definition) is 2. The molecule has 144 valence electrons. The number of aryl methyl sites for hydroxylation is 1. The Labute approximate surface area is 158 Å². The Morgan fingerprint density at radius 2 is 1.93 bits per heavy atom. The summed E-state index contributed by atoms with van der Waals surface area (Å²) < 4.78 is 40.7. The average Bonchev–Trinajstić information content (AvgIpc) is 3.17. The van der Waals surface area contributed by atoms with Crippen LogP contribution in [0.15, 0.2) is 47.4 Å². The molecule has 1 aliphatic heterocycles.